The first-order valence-electron chi connectivity index (χ1n) is 7.52. The molecule has 124 valence electrons. The smallest absolute Gasteiger partial charge is 0.263 e. The topological polar surface area (TPSA) is 73.1 Å². The summed E-state index contributed by atoms with van der Waals surface area (Å²) in [5.74, 6) is 1.29. The normalized spacial score (nSPS) is 10.8. The van der Waals surface area contributed by atoms with Crippen LogP contribution in [0, 0.1) is 0 Å². The number of methoxy groups -OCH3 is 1. The molecule has 6 nitrogen and oxygen atoms in total. The molecule has 0 saturated heterocycles. The molecular weight excluding hydrogens is 340 g/mol. The molecule has 4 rings (SSSR count). The van der Waals surface area contributed by atoms with Crippen molar-refractivity contribution in [2.45, 2.75) is 0 Å². The highest BCUT2D eigenvalue weighted by Gasteiger charge is 2.17. The van der Waals surface area contributed by atoms with Gasteiger partial charge in [0.1, 0.15) is 29.0 Å². The standard InChI is InChI=1S/C18H13ClN4O2/c1-24-14-5-3-2-4-13(14)22-17-15-16(11-6-8-12(19)9-7-11)23-25-18(15)21-10-20-17/h2-10H,1H3,(H,20,21,22). The van der Waals surface area contributed by atoms with Crippen molar-refractivity contribution < 1.29 is 9.26 Å². The van der Waals surface area contributed by atoms with Crippen molar-refractivity contribution in [3.63, 3.8) is 0 Å². The summed E-state index contributed by atoms with van der Waals surface area (Å²) in [4.78, 5) is 8.50. The molecule has 2 aromatic heterocycles. The van der Waals surface area contributed by atoms with Crippen molar-refractivity contribution in [1.82, 2.24) is 15.1 Å². The van der Waals surface area contributed by atoms with E-state index in [2.05, 4.69) is 20.4 Å². The van der Waals surface area contributed by atoms with Crippen LogP contribution >= 0.6 is 11.6 Å². The minimum atomic E-state index is 0.400. The maximum Gasteiger partial charge on any atom is 0.263 e. The zero-order valence-electron chi connectivity index (χ0n) is 13.2. The van der Waals surface area contributed by atoms with Crippen molar-refractivity contribution in [2.75, 3.05) is 12.4 Å². The third kappa shape index (κ3) is 2.88. The Morgan fingerprint density at radius 2 is 1.84 bits per heavy atom. The van der Waals surface area contributed by atoms with Gasteiger partial charge < -0.3 is 14.6 Å². The number of aromatic nitrogens is 3. The fourth-order valence-corrected chi connectivity index (χ4v) is 2.69. The second-order valence-corrected chi connectivity index (χ2v) is 5.70. The first-order valence-corrected chi connectivity index (χ1v) is 7.90. The lowest BCUT2D eigenvalue weighted by atomic mass is 10.1. The van der Waals surface area contributed by atoms with Gasteiger partial charge >= 0.3 is 0 Å². The Labute approximate surface area is 148 Å². The average molecular weight is 353 g/mol. The van der Waals surface area contributed by atoms with Crippen LogP contribution in [0.5, 0.6) is 5.75 Å². The Bertz CT molecular complexity index is 1030. The average Bonchev–Trinajstić information content (AvgIpc) is 3.08. The highest BCUT2D eigenvalue weighted by Crippen LogP contribution is 2.34. The minimum Gasteiger partial charge on any atom is -0.495 e. The Morgan fingerprint density at radius 1 is 1.04 bits per heavy atom. The molecule has 0 aliphatic carbocycles. The number of ether oxygens (including phenoxy) is 1. The predicted octanol–water partition coefficient (Wildman–Crippen LogP) is 4.69. The van der Waals surface area contributed by atoms with Crippen molar-refractivity contribution in [3.05, 3.63) is 59.9 Å². The Morgan fingerprint density at radius 3 is 2.64 bits per heavy atom. The van der Waals surface area contributed by atoms with Crippen LogP contribution in [-0.2, 0) is 0 Å². The molecule has 0 fully saturated rings. The summed E-state index contributed by atoms with van der Waals surface area (Å²) >= 11 is 5.97. The van der Waals surface area contributed by atoms with Gasteiger partial charge in [0.25, 0.3) is 5.71 Å². The molecule has 2 heterocycles. The number of anilines is 2. The van der Waals surface area contributed by atoms with Crippen molar-refractivity contribution >= 4 is 34.2 Å². The van der Waals surface area contributed by atoms with Gasteiger partial charge in [-0.3, -0.25) is 0 Å². The third-order valence-corrected chi connectivity index (χ3v) is 4.00. The van der Waals surface area contributed by atoms with Gasteiger partial charge in [-0.15, -0.1) is 0 Å². The van der Waals surface area contributed by atoms with E-state index in [9.17, 15) is 0 Å². The molecule has 2 aromatic carbocycles. The number of nitrogens with zero attached hydrogens (tertiary/aromatic N) is 3. The summed E-state index contributed by atoms with van der Waals surface area (Å²) in [5.41, 5.74) is 2.69. The van der Waals surface area contributed by atoms with Crippen LogP contribution in [0.15, 0.2) is 59.4 Å². The lowest BCUT2D eigenvalue weighted by Crippen LogP contribution is -1.98. The highest BCUT2D eigenvalue weighted by molar-refractivity contribution is 6.30. The van der Waals surface area contributed by atoms with Crippen LogP contribution in [0.4, 0.5) is 11.5 Å². The van der Waals surface area contributed by atoms with Crippen LogP contribution < -0.4 is 10.1 Å². The number of benzene rings is 2. The first kappa shape index (κ1) is 15.4. The number of nitrogens with one attached hydrogen (secondary N) is 1. The number of rotatable bonds is 4. The molecule has 0 radical (unpaired) electrons. The van der Waals surface area contributed by atoms with Crippen LogP contribution in [0.2, 0.25) is 5.02 Å². The van der Waals surface area contributed by atoms with Gasteiger partial charge in [-0.05, 0) is 24.3 Å². The summed E-state index contributed by atoms with van der Waals surface area (Å²) in [6.45, 7) is 0. The van der Waals surface area contributed by atoms with E-state index >= 15 is 0 Å². The van der Waals surface area contributed by atoms with Crippen molar-refractivity contribution in [2.24, 2.45) is 0 Å². The van der Waals surface area contributed by atoms with Crippen LogP contribution in [0.1, 0.15) is 0 Å². The van der Waals surface area contributed by atoms with Gasteiger partial charge in [0.2, 0.25) is 0 Å². The summed E-state index contributed by atoms with van der Waals surface area (Å²) in [7, 11) is 1.62. The van der Waals surface area contributed by atoms with Gasteiger partial charge in [-0.2, -0.15) is 4.98 Å². The quantitative estimate of drug-likeness (QED) is 0.574. The number of para-hydroxylation sites is 2. The lowest BCUT2D eigenvalue weighted by molar-refractivity contribution is 0.417. The molecular formula is C18H13ClN4O2. The molecule has 0 bridgehead atoms. The van der Waals surface area contributed by atoms with E-state index < -0.39 is 0 Å². The van der Waals surface area contributed by atoms with E-state index in [0.717, 1.165) is 11.3 Å². The highest BCUT2D eigenvalue weighted by atomic mass is 35.5. The molecule has 7 heteroatoms. The number of halogens is 1. The van der Waals surface area contributed by atoms with E-state index in [-0.39, 0.29) is 0 Å². The van der Waals surface area contributed by atoms with Crippen LogP contribution in [0.25, 0.3) is 22.4 Å². The van der Waals surface area contributed by atoms with Crippen LogP contribution in [-0.4, -0.2) is 22.2 Å². The van der Waals surface area contributed by atoms with Gasteiger partial charge in [-0.25, -0.2) is 4.98 Å². The lowest BCUT2D eigenvalue weighted by Gasteiger charge is -2.10. The monoisotopic (exact) mass is 352 g/mol. The Balaban J connectivity index is 1.84. The molecule has 0 amide bonds. The Kier molecular flexibility index (Phi) is 3.95. The van der Waals surface area contributed by atoms with Crippen molar-refractivity contribution in [1.29, 1.82) is 0 Å². The summed E-state index contributed by atoms with van der Waals surface area (Å²) in [6.07, 6.45) is 1.43. The van der Waals surface area contributed by atoms with E-state index in [1.165, 1.54) is 6.33 Å². The SMILES string of the molecule is COc1ccccc1Nc1ncnc2onc(-c3ccc(Cl)cc3)c12. The van der Waals surface area contributed by atoms with Gasteiger partial charge in [-0.1, -0.05) is 41.0 Å². The van der Waals surface area contributed by atoms with Crippen LogP contribution in [0.3, 0.4) is 0 Å². The van der Waals surface area contributed by atoms with E-state index in [0.29, 0.717) is 33.4 Å². The number of hydrogen-bond acceptors (Lipinski definition) is 6. The van der Waals surface area contributed by atoms with E-state index in [1.807, 2.05) is 36.4 Å². The minimum absolute atomic E-state index is 0.400. The zero-order chi connectivity index (χ0) is 17.2. The summed E-state index contributed by atoms with van der Waals surface area (Å²) in [6, 6.07) is 14.9. The van der Waals surface area contributed by atoms with E-state index in [1.54, 1.807) is 19.2 Å². The fourth-order valence-electron chi connectivity index (χ4n) is 2.56. The maximum atomic E-state index is 5.97. The zero-order valence-corrected chi connectivity index (χ0v) is 14.0. The molecule has 0 saturated carbocycles. The first-order chi connectivity index (χ1) is 12.3. The predicted molar refractivity (Wildman–Crippen MR) is 96.3 cm³/mol. The maximum absolute atomic E-state index is 5.97. The number of fused-ring (bicyclic) bond motifs is 1. The molecule has 4 aromatic rings. The third-order valence-electron chi connectivity index (χ3n) is 3.75. The molecule has 0 aliphatic rings. The summed E-state index contributed by atoms with van der Waals surface area (Å²) < 4.78 is 10.7. The summed E-state index contributed by atoms with van der Waals surface area (Å²) in [5, 5.41) is 8.76. The fraction of sp³-hybridized carbons (Fsp3) is 0.0556. The second-order valence-electron chi connectivity index (χ2n) is 5.27. The van der Waals surface area contributed by atoms with Gasteiger partial charge in [0.15, 0.2) is 0 Å². The second kappa shape index (κ2) is 6.41. The molecule has 25 heavy (non-hydrogen) atoms. The van der Waals surface area contributed by atoms with Gasteiger partial charge in [0, 0.05) is 10.6 Å². The van der Waals surface area contributed by atoms with E-state index in [4.69, 9.17) is 20.9 Å². The molecule has 0 atom stereocenters. The van der Waals surface area contributed by atoms with Crippen molar-refractivity contribution in [3.8, 4) is 17.0 Å². The molecule has 0 aliphatic heterocycles. The Hall–Kier alpha value is -3.12. The molecule has 1 N–H and O–H groups in total. The van der Waals surface area contributed by atoms with Gasteiger partial charge in [0.05, 0.1) is 12.8 Å². The molecule has 0 spiro atoms. The largest absolute Gasteiger partial charge is 0.495 e. The number of hydrogen-bond donors (Lipinski definition) is 1. The molecule has 0 unspecified atom stereocenters.